The summed E-state index contributed by atoms with van der Waals surface area (Å²) in [5.41, 5.74) is 1.54. The molecule has 1 aliphatic rings. The second-order valence-corrected chi connectivity index (χ2v) is 24.2. The Bertz CT molecular complexity index is 2890. The van der Waals surface area contributed by atoms with E-state index in [9.17, 15) is 66.4 Å². The number of phenolic OH excluding ortho intramolecular Hbond substituents is 1. The van der Waals surface area contributed by atoms with E-state index >= 15 is 0 Å². The first-order valence-corrected chi connectivity index (χ1v) is 29.4. The number of nitrogens with zero attached hydrogens (tertiary/aromatic N) is 2. The summed E-state index contributed by atoms with van der Waals surface area (Å²) in [5.74, 6) is -11.2. The lowest BCUT2D eigenvalue weighted by molar-refractivity contribution is -0.135. The molecule has 0 saturated carbocycles. The molecule has 3 aromatic rings. The van der Waals surface area contributed by atoms with Gasteiger partial charge in [-0.2, -0.15) is 34.0 Å². The number of anilines is 2. The molecule has 0 aliphatic carbocycles. The lowest BCUT2D eigenvalue weighted by Crippen LogP contribution is -2.30. The van der Waals surface area contributed by atoms with Gasteiger partial charge in [0.05, 0.1) is 62.6 Å². The van der Waals surface area contributed by atoms with E-state index in [-0.39, 0.29) is 82.2 Å². The molecule has 0 saturated heterocycles. The van der Waals surface area contributed by atoms with Gasteiger partial charge in [0.25, 0.3) is 30.4 Å². The topological polar surface area (TPSA) is 253 Å². The number of phenols is 1. The summed E-state index contributed by atoms with van der Waals surface area (Å²) >= 11 is 0. The van der Waals surface area contributed by atoms with Crippen LogP contribution in [0.1, 0.15) is 90.2 Å². The van der Waals surface area contributed by atoms with Gasteiger partial charge in [-0.15, -0.1) is 0 Å². The highest BCUT2D eigenvalue weighted by Gasteiger charge is 2.44. The van der Waals surface area contributed by atoms with Crippen molar-refractivity contribution in [2.75, 3.05) is 94.3 Å². The molecule has 0 spiro atoms. The summed E-state index contributed by atoms with van der Waals surface area (Å²) in [6.07, 6.45) is 7.96. The van der Waals surface area contributed by atoms with Crippen LogP contribution in [0, 0.1) is 28.7 Å². The Kier molecular flexibility index (Phi) is 24.6. The standard InChI is InChI=1S/C52H70F4N2O16S3/c1-51(2,3)21-19-37(40-17-15-38(34-45(40)59)57(22-11-33-76(64,65)66)24-25-71-28-29-73-31-30-72-27-26-70-5)12-9-13-46-52(4,20-10-32-75(61,62)63)41-35-39(77(67,68)69)16-18-44(41)58(46)23-8-6-7-14-47(60)74-50-48(55)42(53)36-43(54)49(50)56/h9,12-13,15-19,34-36,59H,6-8,10-11,14,20-33H2,1-5H3,(H,61,62,63)(H,64,65,66)(H,67,68,69)/b12-9+,37-19-,46-13-. The Hall–Kier alpha value is -4.96. The van der Waals surface area contributed by atoms with E-state index in [0.29, 0.717) is 79.6 Å². The van der Waals surface area contributed by atoms with Gasteiger partial charge in [0.1, 0.15) is 5.75 Å². The van der Waals surface area contributed by atoms with Gasteiger partial charge in [0, 0.05) is 73.3 Å². The van der Waals surface area contributed by atoms with E-state index in [1.807, 2.05) is 36.6 Å². The van der Waals surface area contributed by atoms with Gasteiger partial charge in [-0.3, -0.25) is 18.5 Å². The number of rotatable bonds is 33. The Labute approximate surface area is 448 Å². The van der Waals surface area contributed by atoms with Crippen LogP contribution in [0.25, 0.3) is 5.57 Å². The molecule has 4 N–H and O–H groups in total. The quantitative estimate of drug-likeness (QED) is 0.00845. The largest absolute Gasteiger partial charge is 0.507 e. The summed E-state index contributed by atoms with van der Waals surface area (Å²) in [7, 11) is -11.9. The molecule has 0 fully saturated rings. The van der Waals surface area contributed by atoms with Gasteiger partial charge in [0.15, 0.2) is 11.6 Å². The summed E-state index contributed by atoms with van der Waals surface area (Å²) in [6, 6.07) is 8.91. The number of carbonyl (C=O) groups is 1. The van der Waals surface area contributed by atoms with E-state index in [4.69, 9.17) is 18.9 Å². The fraction of sp³-hybridized carbons (Fsp3) is 0.519. The second-order valence-electron chi connectivity index (χ2n) is 19.6. The zero-order valence-electron chi connectivity index (χ0n) is 43.8. The number of benzene rings is 3. The SMILES string of the molecule is COCCOCCOCCOCCN(CCCS(=O)(=O)O)c1ccc(C(=C\CC(C)(C)C)/C=C/C=C2\N(CCCCCC(=O)Oc3c(F)c(F)cc(F)c3F)c3ccc(S(=O)(=O)O)cc3C2(C)CCCS(=O)(=O)O)c(O)c1. The second kappa shape index (κ2) is 29.3. The van der Waals surface area contributed by atoms with Gasteiger partial charge in [-0.1, -0.05) is 45.4 Å². The molecular formula is C52H70F4N2O16S3. The number of halogens is 4. The third kappa shape index (κ3) is 21.0. The molecule has 0 aromatic heterocycles. The van der Waals surface area contributed by atoms with E-state index < -0.39 is 93.6 Å². The van der Waals surface area contributed by atoms with Crippen molar-refractivity contribution in [3.05, 3.63) is 107 Å². The Morgan fingerprint density at radius 2 is 1.36 bits per heavy atom. The molecule has 1 unspecified atom stereocenters. The number of aromatic hydroxyl groups is 1. The zero-order chi connectivity index (χ0) is 57.2. The average Bonchev–Trinajstić information content (AvgIpc) is 3.55. The number of ether oxygens (including phenoxy) is 5. The monoisotopic (exact) mass is 1150 g/mol. The minimum absolute atomic E-state index is 0.0191. The molecule has 430 valence electrons. The summed E-state index contributed by atoms with van der Waals surface area (Å²) in [5, 5.41) is 11.7. The van der Waals surface area contributed by atoms with Gasteiger partial charge in [-0.25, -0.2) is 8.78 Å². The molecule has 1 aliphatic heterocycles. The van der Waals surface area contributed by atoms with Crippen molar-refractivity contribution in [1.82, 2.24) is 0 Å². The summed E-state index contributed by atoms with van der Waals surface area (Å²) in [6.45, 7) is 10.9. The number of hydrogen-bond donors (Lipinski definition) is 4. The van der Waals surface area contributed by atoms with Crippen molar-refractivity contribution in [1.29, 1.82) is 0 Å². The van der Waals surface area contributed by atoms with Crippen LogP contribution in [0.5, 0.6) is 11.5 Å². The summed E-state index contributed by atoms with van der Waals surface area (Å²) < 4.78 is 183. The zero-order valence-corrected chi connectivity index (χ0v) is 46.3. The van der Waals surface area contributed by atoms with E-state index in [0.717, 1.165) is 0 Å². The smallest absolute Gasteiger partial charge is 0.311 e. The van der Waals surface area contributed by atoms with Crippen LogP contribution in [0.2, 0.25) is 0 Å². The number of hydrogen-bond acceptors (Lipinski definition) is 15. The van der Waals surface area contributed by atoms with E-state index in [1.165, 1.54) is 24.3 Å². The first-order chi connectivity index (χ1) is 36.0. The Balaban J connectivity index is 1.67. The minimum atomic E-state index is -4.74. The minimum Gasteiger partial charge on any atom is -0.507 e. The Morgan fingerprint density at radius 1 is 0.753 bits per heavy atom. The molecule has 0 amide bonds. The molecule has 4 rings (SSSR count). The molecule has 1 atom stereocenters. The van der Waals surface area contributed by atoms with Gasteiger partial charge < -0.3 is 38.6 Å². The van der Waals surface area contributed by atoms with Gasteiger partial charge in [-0.05, 0) is 98.4 Å². The fourth-order valence-electron chi connectivity index (χ4n) is 8.38. The van der Waals surface area contributed by atoms with Crippen LogP contribution in [0.15, 0.2) is 77.4 Å². The average molecular weight is 1150 g/mol. The molecular weight excluding hydrogens is 1080 g/mol. The van der Waals surface area contributed by atoms with Crippen LogP contribution in [0.3, 0.4) is 0 Å². The van der Waals surface area contributed by atoms with Gasteiger partial charge in [0.2, 0.25) is 17.4 Å². The van der Waals surface area contributed by atoms with Gasteiger partial charge >= 0.3 is 5.97 Å². The molecule has 1 heterocycles. The lowest BCUT2D eigenvalue weighted by Gasteiger charge is -2.30. The van der Waals surface area contributed by atoms with Crippen molar-refractivity contribution in [3.8, 4) is 11.5 Å². The van der Waals surface area contributed by atoms with Crippen LogP contribution >= 0.6 is 0 Å². The molecule has 25 heteroatoms. The highest BCUT2D eigenvalue weighted by Crippen LogP contribution is 2.51. The lowest BCUT2D eigenvalue weighted by atomic mass is 9.77. The fourth-order valence-corrected chi connectivity index (χ4v) is 9.89. The van der Waals surface area contributed by atoms with Crippen molar-refractivity contribution >= 4 is 53.3 Å². The first-order valence-electron chi connectivity index (χ1n) is 24.8. The maximum atomic E-state index is 14.2. The van der Waals surface area contributed by atoms with Crippen LogP contribution in [0.4, 0.5) is 28.9 Å². The predicted molar refractivity (Wildman–Crippen MR) is 282 cm³/mol. The van der Waals surface area contributed by atoms with Crippen LogP contribution < -0.4 is 14.5 Å². The predicted octanol–water partition coefficient (Wildman–Crippen LogP) is 8.85. The van der Waals surface area contributed by atoms with Crippen molar-refractivity contribution in [2.45, 2.75) is 89.4 Å². The number of esters is 1. The third-order valence-electron chi connectivity index (χ3n) is 12.3. The third-order valence-corrected chi connectivity index (χ3v) is 14.7. The molecule has 18 nitrogen and oxygen atoms in total. The summed E-state index contributed by atoms with van der Waals surface area (Å²) in [4.78, 5) is 15.8. The highest BCUT2D eigenvalue weighted by atomic mass is 32.2. The van der Waals surface area contributed by atoms with Crippen molar-refractivity contribution < 1.29 is 90.1 Å². The number of methoxy groups -OCH3 is 1. The molecule has 3 aromatic carbocycles. The Morgan fingerprint density at radius 3 is 1.95 bits per heavy atom. The maximum absolute atomic E-state index is 14.2. The first kappa shape index (κ1) is 64.6. The normalized spacial score (nSPS) is 16.0. The maximum Gasteiger partial charge on any atom is 0.311 e. The highest BCUT2D eigenvalue weighted by molar-refractivity contribution is 7.86. The number of unbranched alkanes of at least 4 members (excludes halogenated alkanes) is 2. The van der Waals surface area contributed by atoms with Crippen LogP contribution in [-0.2, 0) is 59.5 Å². The van der Waals surface area contributed by atoms with Crippen molar-refractivity contribution in [2.24, 2.45) is 5.41 Å². The van der Waals surface area contributed by atoms with Crippen molar-refractivity contribution in [3.63, 3.8) is 0 Å². The van der Waals surface area contributed by atoms with E-state index in [2.05, 4.69) is 4.74 Å². The molecule has 0 radical (unpaired) electrons. The molecule has 77 heavy (non-hydrogen) atoms. The van der Waals surface area contributed by atoms with Crippen LogP contribution in [-0.4, -0.2) is 134 Å². The molecule has 0 bridgehead atoms. The number of allylic oxidation sites excluding steroid dienone is 6. The number of carbonyl (C=O) groups excluding carboxylic acids is 1. The van der Waals surface area contributed by atoms with E-state index in [1.54, 1.807) is 44.4 Å². The number of fused-ring (bicyclic) bond motifs is 1.